The molecule has 0 unspecified atom stereocenters. The highest BCUT2D eigenvalue weighted by molar-refractivity contribution is 5.75. The van der Waals surface area contributed by atoms with E-state index < -0.39 is 0 Å². The molecule has 0 aromatic carbocycles. The third kappa shape index (κ3) is 5.10. The van der Waals surface area contributed by atoms with Crippen molar-refractivity contribution >= 4 is 5.96 Å². The Bertz CT molecular complexity index is 84.3. The monoisotopic (exact) mass is 131 g/mol. The van der Waals surface area contributed by atoms with Crippen LogP contribution in [0, 0.1) is 5.41 Å². The van der Waals surface area contributed by atoms with Crippen molar-refractivity contribution in [2.45, 2.75) is 0 Å². The predicted molar refractivity (Wildman–Crippen MR) is 36.7 cm³/mol. The molecule has 0 bridgehead atoms. The van der Waals surface area contributed by atoms with Crippen molar-refractivity contribution in [1.82, 2.24) is 10.6 Å². The number of nitrogens with one attached hydrogen (secondary N) is 3. The summed E-state index contributed by atoms with van der Waals surface area (Å²) < 4.78 is 4.75. The molecule has 0 saturated carbocycles. The lowest BCUT2D eigenvalue weighted by Crippen LogP contribution is -2.35. The second-order valence-electron chi connectivity index (χ2n) is 1.54. The quantitative estimate of drug-likeness (QED) is 0.272. The fourth-order valence-corrected chi connectivity index (χ4v) is 0.366. The minimum atomic E-state index is 0.326. The molecule has 3 N–H and O–H groups in total. The van der Waals surface area contributed by atoms with Gasteiger partial charge in [-0.3, -0.25) is 5.41 Å². The first-order valence-corrected chi connectivity index (χ1v) is 2.80. The van der Waals surface area contributed by atoms with Crippen molar-refractivity contribution in [3.8, 4) is 0 Å². The van der Waals surface area contributed by atoms with Crippen LogP contribution in [0.15, 0.2) is 0 Å². The van der Waals surface area contributed by atoms with Gasteiger partial charge in [-0.05, 0) is 0 Å². The normalized spacial score (nSPS) is 8.67. The summed E-state index contributed by atoms with van der Waals surface area (Å²) in [6.45, 7) is 1.31. The van der Waals surface area contributed by atoms with Crippen LogP contribution in [0.25, 0.3) is 0 Å². The van der Waals surface area contributed by atoms with Crippen LogP contribution in [0.5, 0.6) is 0 Å². The van der Waals surface area contributed by atoms with Gasteiger partial charge in [0.25, 0.3) is 0 Å². The fraction of sp³-hybridized carbons (Fsp3) is 0.800. The number of methoxy groups -OCH3 is 1. The Morgan fingerprint density at radius 2 is 2.33 bits per heavy atom. The summed E-state index contributed by atoms with van der Waals surface area (Å²) in [5.74, 6) is 0.326. The summed E-state index contributed by atoms with van der Waals surface area (Å²) in [6.07, 6.45) is 0. The molecule has 0 heterocycles. The van der Waals surface area contributed by atoms with Gasteiger partial charge in [-0.2, -0.15) is 0 Å². The Labute approximate surface area is 55.1 Å². The molecule has 0 aliphatic rings. The zero-order chi connectivity index (χ0) is 7.11. The van der Waals surface area contributed by atoms with E-state index in [1.54, 1.807) is 14.2 Å². The van der Waals surface area contributed by atoms with Crippen molar-refractivity contribution in [3.05, 3.63) is 0 Å². The predicted octanol–water partition coefficient (Wildman–Crippen LogP) is -0.623. The highest BCUT2D eigenvalue weighted by Crippen LogP contribution is 1.62. The van der Waals surface area contributed by atoms with Crippen LogP contribution >= 0.6 is 0 Å². The molecule has 0 spiro atoms. The zero-order valence-electron chi connectivity index (χ0n) is 5.82. The van der Waals surface area contributed by atoms with Gasteiger partial charge in [0.05, 0.1) is 6.61 Å². The zero-order valence-corrected chi connectivity index (χ0v) is 5.82. The molecular weight excluding hydrogens is 118 g/mol. The average Bonchev–Trinajstić information content (AvgIpc) is 1.89. The van der Waals surface area contributed by atoms with E-state index in [9.17, 15) is 0 Å². The minimum Gasteiger partial charge on any atom is -0.383 e. The molecule has 0 aliphatic heterocycles. The summed E-state index contributed by atoms with van der Waals surface area (Å²) in [5.41, 5.74) is 0. The van der Waals surface area contributed by atoms with E-state index in [0.717, 1.165) is 0 Å². The van der Waals surface area contributed by atoms with E-state index in [1.165, 1.54) is 0 Å². The number of rotatable bonds is 3. The molecule has 0 amide bonds. The first-order valence-electron chi connectivity index (χ1n) is 2.80. The second-order valence-corrected chi connectivity index (χ2v) is 1.54. The highest BCUT2D eigenvalue weighted by atomic mass is 16.5. The van der Waals surface area contributed by atoms with E-state index in [2.05, 4.69) is 10.6 Å². The summed E-state index contributed by atoms with van der Waals surface area (Å²) >= 11 is 0. The van der Waals surface area contributed by atoms with Crippen LogP contribution < -0.4 is 10.6 Å². The van der Waals surface area contributed by atoms with Gasteiger partial charge in [-0.25, -0.2) is 0 Å². The Morgan fingerprint density at radius 3 is 2.78 bits per heavy atom. The van der Waals surface area contributed by atoms with Crippen LogP contribution in [0.2, 0.25) is 0 Å². The first kappa shape index (κ1) is 8.23. The van der Waals surface area contributed by atoms with Crippen LogP contribution in [-0.4, -0.2) is 33.3 Å². The first-order chi connectivity index (χ1) is 4.31. The Kier molecular flexibility index (Phi) is 4.91. The lowest BCUT2D eigenvalue weighted by Gasteiger charge is -2.04. The third-order valence-corrected chi connectivity index (χ3v) is 0.858. The summed E-state index contributed by atoms with van der Waals surface area (Å²) in [4.78, 5) is 0. The molecule has 0 aromatic heterocycles. The summed E-state index contributed by atoms with van der Waals surface area (Å²) in [6, 6.07) is 0. The fourth-order valence-electron chi connectivity index (χ4n) is 0.366. The molecule has 0 atom stereocenters. The molecule has 0 saturated heterocycles. The van der Waals surface area contributed by atoms with E-state index in [4.69, 9.17) is 10.1 Å². The largest absolute Gasteiger partial charge is 0.383 e. The third-order valence-electron chi connectivity index (χ3n) is 0.858. The van der Waals surface area contributed by atoms with Gasteiger partial charge in [0, 0.05) is 20.7 Å². The highest BCUT2D eigenvalue weighted by Gasteiger charge is 1.86. The lowest BCUT2D eigenvalue weighted by atomic mass is 10.7. The van der Waals surface area contributed by atoms with Gasteiger partial charge in [-0.15, -0.1) is 0 Å². The Balaban J connectivity index is 2.97. The van der Waals surface area contributed by atoms with Crippen molar-refractivity contribution in [1.29, 1.82) is 5.41 Å². The van der Waals surface area contributed by atoms with E-state index in [1.807, 2.05) is 0 Å². The lowest BCUT2D eigenvalue weighted by molar-refractivity contribution is 0.203. The Morgan fingerprint density at radius 1 is 1.67 bits per heavy atom. The molecule has 0 rings (SSSR count). The molecule has 0 aliphatic carbocycles. The van der Waals surface area contributed by atoms with Crippen LogP contribution in [0.4, 0.5) is 0 Å². The SMILES string of the molecule is CNC(=N)NCCOC. The van der Waals surface area contributed by atoms with E-state index in [0.29, 0.717) is 19.1 Å². The van der Waals surface area contributed by atoms with Crippen molar-refractivity contribution in [2.75, 3.05) is 27.3 Å². The molecule has 9 heavy (non-hydrogen) atoms. The number of ether oxygens (including phenoxy) is 1. The molecule has 4 nitrogen and oxygen atoms in total. The molecule has 54 valence electrons. The second kappa shape index (κ2) is 5.37. The topological polar surface area (TPSA) is 57.1 Å². The van der Waals surface area contributed by atoms with Crippen LogP contribution in [-0.2, 0) is 4.74 Å². The van der Waals surface area contributed by atoms with Crippen LogP contribution in [0.3, 0.4) is 0 Å². The molecule has 0 radical (unpaired) electrons. The van der Waals surface area contributed by atoms with E-state index in [-0.39, 0.29) is 0 Å². The van der Waals surface area contributed by atoms with Gasteiger partial charge in [0.2, 0.25) is 0 Å². The van der Waals surface area contributed by atoms with E-state index >= 15 is 0 Å². The standard InChI is InChI=1S/C5H13N3O/c1-7-5(6)8-3-4-9-2/h3-4H2,1-2H3,(H3,6,7,8). The van der Waals surface area contributed by atoms with Crippen molar-refractivity contribution < 1.29 is 4.74 Å². The van der Waals surface area contributed by atoms with Gasteiger partial charge < -0.3 is 15.4 Å². The number of hydrogen-bond acceptors (Lipinski definition) is 2. The maximum Gasteiger partial charge on any atom is 0.188 e. The maximum absolute atomic E-state index is 7.04. The maximum atomic E-state index is 7.04. The van der Waals surface area contributed by atoms with Crippen molar-refractivity contribution in [3.63, 3.8) is 0 Å². The summed E-state index contributed by atoms with van der Waals surface area (Å²) in [7, 11) is 3.33. The van der Waals surface area contributed by atoms with Gasteiger partial charge in [0.1, 0.15) is 0 Å². The Hall–Kier alpha value is -0.770. The minimum absolute atomic E-state index is 0.326. The molecule has 0 aromatic rings. The van der Waals surface area contributed by atoms with Gasteiger partial charge >= 0.3 is 0 Å². The van der Waals surface area contributed by atoms with Crippen LogP contribution in [0.1, 0.15) is 0 Å². The number of hydrogen-bond donors (Lipinski definition) is 3. The van der Waals surface area contributed by atoms with Gasteiger partial charge in [0.15, 0.2) is 5.96 Å². The smallest absolute Gasteiger partial charge is 0.188 e. The molecule has 0 fully saturated rings. The number of guanidine groups is 1. The summed E-state index contributed by atoms with van der Waals surface area (Å²) in [5, 5.41) is 12.5. The van der Waals surface area contributed by atoms with Gasteiger partial charge in [-0.1, -0.05) is 0 Å². The molecule has 4 heteroatoms. The average molecular weight is 131 g/mol. The van der Waals surface area contributed by atoms with Crippen molar-refractivity contribution in [2.24, 2.45) is 0 Å². The molecular formula is C5H13N3O.